The SMILES string of the molecule is CCC1CC(=O)N(CC(=O)c2ccccc2)C1. The van der Waals surface area contributed by atoms with Crippen LogP contribution in [-0.4, -0.2) is 29.7 Å². The Kier molecular flexibility index (Phi) is 3.57. The van der Waals surface area contributed by atoms with E-state index in [1.54, 1.807) is 17.0 Å². The predicted octanol–water partition coefficient (Wildman–Crippen LogP) is 2.13. The molecule has 1 heterocycles. The fourth-order valence-electron chi connectivity index (χ4n) is 2.17. The number of carbonyl (C=O) groups is 2. The average Bonchev–Trinajstić information content (AvgIpc) is 2.71. The lowest BCUT2D eigenvalue weighted by Crippen LogP contribution is -2.31. The van der Waals surface area contributed by atoms with E-state index < -0.39 is 0 Å². The summed E-state index contributed by atoms with van der Waals surface area (Å²) in [5.41, 5.74) is 0.681. The second-order valence-corrected chi connectivity index (χ2v) is 4.54. The summed E-state index contributed by atoms with van der Waals surface area (Å²) in [7, 11) is 0. The molecule has 3 heteroatoms. The molecule has 1 aliphatic rings. The van der Waals surface area contributed by atoms with Crippen LogP contribution in [0.5, 0.6) is 0 Å². The average molecular weight is 231 g/mol. The van der Waals surface area contributed by atoms with E-state index in [0.29, 0.717) is 17.9 Å². The minimum absolute atomic E-state index is 0.0238. The molecule has 1 aromatic carbocycles. The molecule has 3 nitrogen and oxygen atoms in total. The molecule has 2 rings (SSSR count). The van der Waals surface area contributed by atoms with Crippen molar-refractivity contribution in [2.75, 3.05) is 13.1 Å². The summed E-state index contributed by atoms with van der Waals surface area (Å²) < 4.78 is 0. The Hall–Kier alpha value is -1.64. The quantitative estimate of drug-likeness (QED) is 0.744. The highest BCUT2D eigenvalue weighted by Gasteiger charge is 2.29. The zero-order valence-corrected chi connectivity index (χ0v) is 10.1. The number of hydrogen-bond donors (Lipinski definition) is 0. The van der Waals surface area contributed by atoms with Gasteiger partial charge in [-0.05, 0) is 5.92 Å². The first kappa shape index (κ1) is 11.8. The van der Waals surface area contributed by atoms with Crippen molar-refractivity contribution >= 4 is 11.7 Å². The van der Waals surface area contributed by atoms with Crippen molar-refractivity contribution in [1.29, 1.82) is 0 Å². The van der Waals surface area contributed by atoms with Crippen LogP contribution >= 0.6 is 0 Å². The van der Waals surface area contributed by atoms with Crippen molar-refractivity contribution in [3.05, 3.63) is 35.9 Å². The molecule has 1 aromatic rings. The van der Waals surface area contributed by atoms with Crippen LogP contribution in [0.15, 0.2) is 30.3 Å². The van der Waals surface area contributed by atoms with Crippen LogP contribution < -0.4 is 0 Å². The third-order valence-electron chi connectivity index (χ3n) is 3.30. The highest BCUT2D eigenvalue weighted by Crippen LogP contribution is 2.20. The summed E-state index contributed by atoms with van der Waals surface area (Å²) in [6.07, 6.45) is 1.60. The minimum Gasteiger partial charge on any atom is -0.335 e. The monoisotopic (exact) mass is 231 g/mol. The number of benzene rings is 1. The molecular weight excluding hydrogens is 214 g/mol. The van der Waals surface area contributed by atoms with Crippen molar-refractivity contribution in [1.82, 2.24) is 4.90 Å². The number of Topliss-reactive ketones (excluding diaryl/α,β-unsaturated/α-hetero) is 1. The van der Waals surface area contributed by atoms with Gasteiger partial charge in [0.05, 0.1) is 6.54 Å². The van der Waals surface area contributed by atoms with Gasteiger partial charge in [0.1, 0.15) is 0 Å². The molecule has 0 radical (unpaired) electrons. The van der Waals surface area contributed by atoms with E-state index in [4.69, 9.17) is 0 Å². The Bertz CT molecular complexity index is 413. The second-order valence-electron chi connectivity index (χ2n) is 4.54. The minimum atomic E-state index is 0.0238. The Balaban J connectivity index is 1.98. The lowest BCUT2D eigenvalue weighted by molar-refractivity contribution is -0.127. The zero-order valence-electron chi connectivity index (χ0n) is 10.1. The fraction of sp³-hybridized carbons (Fsp3) is 0.429. The van der Waals surface area contributed by atoms with Crippen molar-refractivity contribution in [3.63, 3.8) is 0 Å². The standard InChI is InChI=1S/C14H17NO2/c1-2-11-8-14(17)15(9-11)10-13(16)12-6-4-3-5-7-12/h3-7,11H,2,8-10H2,1H3. The molecule has 17 heavy (non-hydrogen) atoms. The molecule has 90 valence electrons. The van der Waals surface area contributed by atoms with Crippen LogP contribution in [0, 0.1) is 5.92 Å². The van der Waals surface area contributed by atoms with Crippen molar-refractivity contribution in [2.45, 2.75) is 19.8 Å². The molecule has 0 bridgehead atoms. The molecule has 1 atom stereocenters. The molecule has 1 aliphatic heterocycles. The van der Waals surface area contributed by atoms with Crippen molar-refractivity contribution in [3.8, 4) is 0 Å². The number of nitrogens with zero attached hydrogens (tertiary/aromatic N) is 1. The van der Waals surface area contributed by atoms with Crippen molar-refractivity contribution in [2.24, 2.45) is 5.92 Å². The zero-order chi connectivity index (χ0) is 12.3. The maximum atomic E-state index is 11.9. The maximum absolute atomic E-state index is 11.9. The predicted molar refractivity (Wildman–Crippen MR) is 65.8 cm³/mol. The van der Waals surface area contributed by atoms with Gasteiger partial charge in [-0.1, -0.05) is 43.7 Å². The Labute approximate surface area is 101 Å². The molecule has 1 unspecified atom stereocenters. The smallest absolute Gasteiger partial charge is 0.223 e. The summed E-state index contributed by atoms with van der Waals surface area (Å²) in [5.74, 6) is 0.558. The van der Waals surface area contributed by atoms with Crippen LogP contribution in [0.2, 0.25) is 0 Å². The summed E-state index contributed by atoms with van der Waals surface area (Å²) in [5, 5.41) is 0. The van der Waals surface area contributed by atoms with Crippen LogP contribution in [0.4, 0.5) is 0 Å². The van der Waals surface area contributed by atoms with Crippen LogP contribution in [0.25, 0.3) is 0 Å². The summed E-state index contributed by atoms with van der Waals surface area (Å²) in [6, 6.07) is 9.15. The Morgan fingerprint density at radius 3 is 2.65 bits per heavy atom. The first-order valence-electron chi connectivity index (χ1n) is 6.06. The van der Waals surface area contributed by atoms with E-state index in [1.165, 1.54) is 0 Å². The van der Waals surface area contributed by atoms with Gasteiger partial charge in [0.2, 0.25) is 5.91 Å². The number of likely N-dealkylation sites (tertiary alicyclic amines) is 1. The van der Waals surface area contributed by atoms with E-state index in [0.717, 1.165) is 13.0 Å². The lowest BCUT2D eigenvalue weighted by atomic mass is 10.1. The van der Waals surface area contributed by atoms with Gasteiger partial charge in [-0.3, -0.25) is 9.59 Å². The number of ketones is 1. The normalized spacial score (nSPS) is 19.7. The number of rotatable bonds is 4. The Morgan fingerprint density at radius 2 is 2.06 bits per heavy atom. The number of carbonyl (C=O) groups excluding carboxylic acids is 2. The third kappa shape index (κ3) is 2.73. The first-order chi connectivity index (χ1) is 8.20. The molecule has 0 spiro atoms. The molecule has 1 fully saturated rings. The topological polar surface area (TPSA) is 37.4 Å². The van der Waals surface area contributed by atoms with E-state index in [9.17, 15) is 9.59 Å². The van der Waals surface area contributed by atoms with Gasteiger partial charge in [0.15, 0.2) is 5.78 Å². The van der Waals surface area contributed by atoms with Crippen LogP contribution in [-0.2, 0) is 4.79 Å². The molecule has 0 saturated carbocycles. The first-order valence-corrected chi connectivity index (χ1v) is 6.06. The van der Waals surface area contributed by atoms with Gasteiger partial charge in [0.25, 0.3) is 0 Å². The highest BCUT2D eigenvalue weighted by atomic mass is 16.2. The maximum Gasteiger partial charge on any atom is 0.223 e. The van der Waals surface area contributed by atoms with E-state index >= 15 is 0 Å². The van der Waals surface area contributed by atoms with Gasteiger partial charge in [-0.25, -0.2) is 0 Å². The molecule has 1 amide bonds. The Morgan fingerprint density at radius 1 is 1.35 bits per heavy atom. The number of hydrogen-bond acceptors (Lipinski definition) is 2. The van der Waals surface area contributed by atoms with Gasteiger partial charge >= 0.3 is 0 Å². The van der Waals surface area contributed by atoms with Crippen molar-refractivity contribution < 1.29 is 9.59 Å². The van der Waals surface area contributed by atoms with Gasteiger partial charge < -0.3 is 4.90 Å². The molecule has 1 saturated heterocycles. The molecule has 0 aliphatic carbocycles. The highest BCUT2D eigenvalue weighted by molar-refractivity contribution is 5.99. The summed E-state index contributed by atoms with van der Waals surface area (Å²) in [6.45, 7) is 3.04. The molecule has 0 N–H and O–H groups in total. The summed E-state index contributed by atoms with van der Waals surface area (Å²) >= 11 is 0. The second kappa shape index (κ2) is 5.13. The van der Waals surface area contributed by atoms with E-state index in [1.807, 2.05) is 18.2 Å². The summed E-state index contributed by atoms with van der Waals surface area (Å²) in [4.78, 5) is 25.3. The van der Waals surface area contributed by atoms with E-state index in [-0.39, 0.29) is 18.2 Å². The van der Waals surface area contributed by atoms with Crippen LogP contribution in [0.1, 0.15) is 30.1 Å². The molecular formula is C14H17NO2. The lowest BCUT2D eigenvalue weighted by Gasteiger charge is -2.15. The largest absolute Gasteiger partial charge is 0.335 e. The number of amides is 1. The van der Waals surface area contributed by atoms with Gasteiger partial charge in [0, 0.05) is 18.5 Å². The fourth-order valence-corrected chi connectivity index (χ4v) is 2.17. The van der Waals surface area contributed by atoms with Crippen LogP contribution in [0.3, 0.4) is 0 Å². The van der Waals surface area contributed by atoms with Gasteiger partial charge in [-0.2, -0.15) is 0 Å². The van der Waals surface area contributed by atoms with E-state index in [2.05, 4.69) is 6.92 Å². The third-order valence-corrected chi connectivity index (χ3v) is 3.30. The van der Waals surface area contributed by atoms with Gasteiger partial charge in [-0.15, -0.1) is 0 Å². The molecule has 0 aromatic heterocycles.